The maximum Gasteiger partial charge on any atom is 0.266 e. The lowest BCUT2D eigenvalue weighted by molar-refractivity contribution is 0.392. The normalized spacial score (nSPS) is 11.3. The van der Waals surface area contributed by atoms with E-state index in [2.05, 4.69) is 19.9 Å². The highest BCUT2D eigenvalue weighted by Gasteiger charge is 2.21. The summed E-state index contributed by atoms with van der Waals surface area (Å²) in [7, 11) is 2.98. The van der Waals surface area contributed by atoms with E-state index in [1.807, 2.05) is 14.1 Å². The second kappa shape index (κ2) is 8.72. The lowest BCUT2D eigenvalue weighted by Crippen LogP contribution is -2.20. The van der Waals surface area contributed by atoms with E-state index in [1.165, 1.54) is 20.3 Å². The summed E-state index contributed by atoms with van der Waals surface area (Å²) >= 11 is 0. The number of sulfonamides is 1. The Hall–Kier alpha value is -2.52. The van der Waals surface area contributed by atoms with Crippen molar-refractivity contribution in [3.63, 3.8) is 0 Å². The SMILES string of the molecule is COc1ccc(OC)c(S(=O)(=O)Nc2ccc(NCCN(C)C)cn2)c1. The first kappa shape index (κ1) is 19.8. The maximum atomic E-state index is 12.7. The molecule has 0 amide bonds. The Morgan fingerprint density at radius 1 is 1.12 bits per heavy atom. The fourth-order valence-electron chi connectivity index (χ4n) is 2.17. The summed E-state index contributed by atoms with van der Waals surface area (Å²) in [5, 5.41) is 3.21. The number of anilines is 2. The lowest BCUT2D eigenvalue weighted by Gasteiger charge is -2.13. The molecule has 0 fully saturated rings. The van der Waals surface area contributed by atoms with Gasteiger partial charge in [-0.25, -0.2) is 13.4 Å². The zero-order valence-corrected chi connectivity index (χ0v) is 16.1. The summed E-state index contributed by atoms with van der Waals surface area (Å²) in [6.45, 7) is 1.64. The molecule has 9 heteroatoms. The van der Waals surface area contributed by atoms with Gasteiger partial charge in [0.2, 0.25) is 0 Å². The number of methoxy groups -OCH3 is 2. The largest absolute Gasteiger partial charge is 0.497 e. The highest BCUT2D eigenvalue weighted by molar-refractivity contribution is 7.92. The Morgan fingerprint density at radius 2 is 1.88 bits per heavy atom. The van der Waals surface area contributed by atoms with E-state index in [-0.39, 0.29) is 16.5 Å². The van der Waals surface area contributed by atoms with Crippen LogP contribution in [0, 0.1) is 0 Å². The summed E-state index contributed by atoms with van der Waals surface area (Å²) < 4.78 is 38.0. The van der Waals surface area contributed by atoms with Crippen LogP contribution >= 0.6 is 0 Å². The molecule has 1 heterocycles. The molecule has 0 bridgehead atoms. The van der Waals surface area contributed by atoms with Crippen molar-refractivity contribution in [2.24, 2.45) is 0 Å². The molecule has 2 aromatic rings. The lowest BCUT2D eigenvalue weighted by atomic mass is 10.3. The third-order valence-electron chi connectivity index (χ3n) is 3.55. The zero-order chi connectivity index (χ0) is 19.2. The first-order valence-electron chi connectivity index (χ1n) is 7.95. The van der Waals surface area contributed by atoms with Crippen molar-refractivity contribution in [2.45, 2.75) is 4.90 Å². The van der Waals surface area contributed by atoms with Gasteiger partial charge in [-0.2, -0.15) is 0 Å². The Labute approximate surface area is 154 Å². The highest BCUT2D eigenvalue weighted by Crippen LogP contribution is 2.29. The minimum Gasteiger partial charge on any atom is -0.497 e. The Balaban J connectivity index is 2.14. The molecule has 0 unspecified atom stereocenters. The zero-order valence-electron chi connectivity index (χ0n) is 15.3. The summed E-state index contributed by atoms with van der Waals surface area (Å²) in [5.41, 5.74) is 0.814. The van der Waals surface area contributed by atoms with Gasteiger partial charge < -0.3 is 19.7 Å². The van der Waals surface area contributed by atoms with Crippen LogP contribution in [-0.2, 0) is 10.0 Å². The van der Waals surface area contributed by atoms with Crippen LogP contribution in [0.5, 0.6) is 11.5 Å². The number of nitrogens with zero attached hydrogens (tertiary/aromatic N) is 2. The number of hydrogen-bond donors (Lipinski definition) is 2. The van der Waals surface area contributed by atoms with Gasteiger partial charge in [0.15, 0.2) is 0 Å². The third kappa shape index (κ3) is 5.24. The van der Waals surface area contributed by atoms with Crippen LogP contribution in [0.4, 0.5) is 11.5 Å². The van der Waals surface area contributed by atoms with Gasteiger partial charge in [0.1, 0.15) is 22.2 Å². The molecule has 2 N–H and O–H groups in total. The summed E-state index contributed by atoms with van der Waals surface area (Å²) in [6.07, 6.45) is 1.58. The van der Waals surface area contributed by atoms with Crippen LogP contribution in [0.15, 0.2) is 41.4 Å². The van der Waals surface area contributed by atoms with E-state index in [0.29, 0.717) is 5.75 Å². The van der Waals surface area contributed by atoms with Gasteiger partial charge >= 0.3 is 0 Å². The van der Waals surface area contributed by atoms with Crippen molar-refractivity contribution in [2.75, 3.05) is 51.4 Å². The summed E-state index contributed by atoms with van der Waals surface area (Å²) in [5.74, 6) is 0.855. The first-order chi connectivity index (χ1) is 12.4. The fraction of sp³-hybridized carbons (Fsp3) is 0.353. The second-order valence-electron chi connectivity index (χ2n) is 5.78. The minimum absolute atomic E-state index is 0.0191. The quantitative estimate of drug-likeness (QED) is 0.686. The number of aromatic nitrogens is 1. The summed E-state index contributed by atoms with van der Waals surface area (Å²) in [4.78, 5) is 6.19. The van der Waals surface area contributed by atoms with Gasteiger partial charge in [0.05, 0.1) is 26.1 Å². The van der Waals surface area contributed by atoms with Crippen molar-refractivity contribution in [3.05, 3.63) is 36.5 Å². The third-order valence-corrected chi connectivity index (χ3v) is 4.93. The molecule has 0 aliphatic rings. The van der Waals surface area contributed by atoms with Gasteiger partial charge in [-0.3, -0.25) is 4.72 Å². The predicted octanol–water partition coefficient (Wildman–Crippen LogP) is 1.87. The second-order valence-corrected chi connectivity index (χ2v) is 7.44. The topological polar surface area (TPSA) is 92.8 Å². The maximum absolute atomic E-state index is 12.7. The average Bonchev–Trinajstić information content (AvgIpc) is 2.62. The Morgan fingerprint density at radius 3 is 2.46 bits per heavy atom. The van der Waals surface area contributed by atoms with Crippen molar-refractivity contribution >= 4 is 21.5 Å². The molecule has 0 aliphatic carbocycles. The van der Waals surface area contributed by atoms with Crippen molar-refractivity contribution in [3.8, 4) is 11.5 Å². The minimum atomic E-state index is -3.87. The van der Waals surface area contributed by atoms with Crippen LogP contribution in [0.1, 0.15) is 0 Å². The van der Waals surface area contributed by atoms with Crippen molar-refractivity contribution < 1.29 is 17.9 Å². The van der Waals surface area contributed by atoms with E-state index in [4.69, 9.17) is 9.47 Å². The number of rotatable bonds is 9. The van der Waals surface area contributed by atoms with Gasteiger partial charge in [-0.1, -0.05) is 0 Å². The molecule has 1 aromatic carbocycles. The van der Waals surface area contributed by atoms with Crippen LogP contribution in [0.25, 0.3) is 0 Å². The van der Waals surface area contributed by atoms with Crippen LogP contribution in [0.3, 0.4) is 0 Å². The molecule has 0 radical (unpaired) electrons. The Kier molecular flexibility index (Phi) is 6.64. The molecule has 0 saturated heterocycles. The van der Waals surface area contributed by atoms with Crippen LogP contribution in [0.2, 0.25) is 0 Å². The monoisotopic (exact) mass is 380 g/mol. The van der Waals surface area contributed by atoms with Gasteiger partial charge in [0, 0.05) is 19.2 Å². The number of hydrogen-bond acceptors (Lipinski definition) is 7. The molecule has 1 aromatic heterocycles. The standard InChI is InChI=1S/C17H24N4O4S/c1-21(2)10-9-18-13-5-8-17(19-12-13)20-26(22,23)16-11-14(24-3)6-7-15(16)25-4/h5-8,11-12,18H,9-10H2,1-4H3,(H,19,20). The van der Waals surface area contributed by atoms with Gasteiger partial charge in [-0.15, -0.1) is 0 Å². The van der Waals surface area contributed by atoms with Crippen LogP contribution in [-0.4, -0.2) is 59.7 Å². The summed E-state index contributed by atoms with van der Waals surface area (Å²) in [6, 6.07) is 7.94. The van der Waals surface area contributed by atoms with E-state index >= 15 is 0 Å². The van der Waals surface area contributed by atoms with Crippen molar-refractivity contribution in [1.29, 1.82) is 0 Å². The number of benzene rings is 1. The number of likely N-dealkylation sites (N-methyl/N-ethyl adjacent to an activating group) is 1. The van der Waals surface area contributed by atoms with Crippen molar-refractivity contribution in [1.82, 2.24) is 9.88 Å². The fourth-order valence-corrected chi connectivity index (χ4v) is 3.36. The number of ether oxygens (including phenoxy) is 2. The molecule has 142 valence electrons. The predicted molar refractivity (Wildman–Crippen MR) is 102 cm³/mol. The number of nitrogens with one attached hydrogen (secondary N) is 2. The van der Waals surface area contributed by atoms with E-state index in [0.717, 1.165) is 18.8 Å². The van der Waals surface area contributed by atoms with Gasteiger partial charge in [-0.05, 0) is 38.4 Å². The average molecular weight is 380 g/mol. The molecule has 8 nitrogen and oxygen atoms in total. The molecule has 26 heavy (non-hydrogen) atoms. The molecular weight excluding hydrogens is 356 g/mol. The molecule has 0 saturated carbocycles. The first-order valence-corrected chi connectivity index (χ1v) is 9.43. The Bertz CT molecular complexity index is 823. The molecule has 0 spiro atoms. The van der Waals surface area contributed by atoms with E-state index in [9.17, 15) is 8.42 Å². The number of pyridine rings is 1. The molecule has 0 aliphatic heterocycles. The van der Waals surface area contributed by atoms with Gasteiger partial charge in [0.25, 0.3) is 10.0 Å². The van der Waals surface area contributed by atoms with Crippen LogP contribution < -0.4 is 19.5 Å². The van der Waals surface area contributed by atoms with E-state index < -0.39 is 10.0 Å². The highest BCUT2D eigenvalue weighted by atomic mass is 32.2. The molecular formula is C17H24N4O4S. The van der Waals surface area contributed by atoms with E-state index in [1.54, 1.807) is 30.5 Å². The molecule has 0 atom stereocenters. The smallest absolute Gasteiger partial charge is 0.266 e. The molecule has 2 rings (SSSR count).